The summed E-state index contributed by atoms with van der Waals surface area (Å²) in [6.07, 6.45) is 0.477. The number of carboxylic acid groups (broad SMARTS) is 1. The quantitative estimate of drug-likeness (QED) is 0.505. The van der Waals surface area contributed by atoms with E-state index in [2.05, 4.69) is 27.8 Å². The van der Waals surface area contributed by atoms with Crippen molar-refractivity contribution in [1.29, 1.82) is 0 Å². The van der Waals surface area contributed by atoms with Crippen LogP contribution in [-0.2, 0) is 9.53 Å². The molecule has 4 rings (SSSR count). The van der Waals surface area contributed by atoms with Crippen LogP contribution in [0, 0.1) is 0 Å². The first-order valence-electron chi connectivity index (χ1n) is 10.5. The number of amides is 2. The number of ether oxygens (including phenoxy) is 1. The first-order valence-corrected chi connectivity index (χ1v) is 10.5. The summed E-state index contributed by atoms with van der Waals surface area (Å²) in [5.41, 5.74) is 4.60. The van der Waals surface area contributed by atoms with Gasteiger partial charge in [0.25, 0.3) is 5.91 Å². The molecule has 1 aliphatic rings. The van der Waals surface area contributed by atoms with Crippen molar-refractivity contribution in [1.82, 2.24) is 10.3 Å². The lowest BCUT2D eigenvalue weighted by molar-refractivity contribution is -0.137. The lowest BCUT2D eigenvalue weighted by atomic mass is 9.98. The van der Waals surface area contributed by atoms with Crippen molar-refractivity contribution in [2.45, 2.75) is 25.3 Å². The molecule has 0 saturated heterocycles. The van der Waals surface area contributed by atoms with Crippen LogP contribution < -0.4 is 10.6 Å². The molecule has 0 spiro atoms. The fourth-order valence-corrected chi connectivity index (χ4v) is 4.04. The zero-order valence-corrected chi connectivity index (χ0v) is 17.9. The average molecular weight is 445 g/mol. The minimum absolute atomic E-state index is 0.0248. The molecular weight excluding hydrogens is 422 g/mol. The standard InChI is InChI=1S/C25H23N3O5/c1-15(13-22(29)30)27-24(31)23-21(11-6-12-26-23)28-25(32)33-14-20-18-9-4-2-7-16(18)17-8-3-5-10-19(17)20/h2-12,15,20H,13-14H2,1H3,(H,27,31)(H,28,32)(H,29,30)/t15-/m0/s1. The Morgan fingerprint density at radius 1 is 1.00 bits per heavy atom. The smallest absolute Gasteiger partial charge is 0.411 e. The third-order valence-corrected chi connectivity index (χ3v) is 5.46. The highest BCUT2D eigenvalue weighted by Gasteiger charge is 2.29. The van der Waals surface area contributed by atoms with Crippen LogP contribution in [0.25, 0.3) is 11.1 Å². The van der Waals surface area contributed by atoms with Crippen LogP contribution >= 0.6 is 0 Å². The van der Waals surface area contributed by atoms with Crippen molar-refractivity contribution in [3.05, 3.63) is 83.7 Å². The predicted octanol–water partition coefficient (Wildman–Crippen LogP) is 4.04. The summed E-state index contributed by atoms with van der Waals surface area (Å²) >= 11 is 0. The number of benzene rings is 2. The average Bonchev–Trinajstić information content (AvgIpc) is 3.11. The number of hydrogen-bond acceptors (Lipinski definition) is 5. The van der Waals surface area contributed by atoms with Gasteiger partial charge in [-0.25, -0.2) is 9.78 Å². The van der Waals surface area contributed by atoms with Crippen molar-refractivity contribution >= 4 is 23.7 Å². The summed E-state index contributed by atoms with van der Waals surface area (Å²) < 4.78 is 5.52. The lowest BCUT2D eigenvalue weighted by Crippen LogP contribution is -2.35. The number of fused-ring (bicyclic) bond motifs is 3. The molecular formula is C25H23N3O5. The minimum atomic E-state index is -1.03. The monoisotopic (exact) mass is 445 g/mol. The second-order valence-electron chi connectivity index (χ2n) is 7.82. The van der Waals surface area contributed by atoms with Gasteiger partial charge in [-0.05, 0) is 41.3 Å². The molecule has 3 N–H and O–H groups in total. The molecule has 0 fully saturated rings. The maximum absolute atomic E-state index is 12.6. The maximum Gasteiger partial charge on any atom is 0.411 e. The number of carbonyl (C=O) groups is 3. The van der Waals surface area contributed by atoms with Crippen LogP contribution in [0.15, 0.2) is 66.9 Å². The van der Waals surface area contributed by atoms with Gasteiger partial charge >= 0.3 is 12.1 Å². The number of rotatable bonds is 7. The van der Waals surface area contributed by atoms with Crippen molar-refractivity contribution in [2.75, 3.05) is 11.9 Å². The Morgan fingerprint density at radius 3 is 2.27 bits per heavy atom. The van der Waals surface area contributed by atoms with Crippen LogP contribution in [0.1, 0.15) is 40.9 Å². The van der Waals surface area contributed by atoms with Gasteiger partial charge in [0.2, 0.25) is 0 Å². The van der Waals surface area contributed by atoms with E-state index >= 15 is 0 Å². The molecule has 2 aromatic carbocycles. The van der Waals surface area contributed by atoms with Gasteiger partial charge < -0.3 is 15.2 Å². The first-order chi connectivity index (χ1) is 15.9. The van der Waals surface area contributed by atoms with Crippen LogP contribution in [0.2, 0.25) is 0 Å². The Bertz CT molecular complexity index is 1160. The van der Waals surface area contributed by atoms with Crippen molar-refractivity contribution in [3.8, 4) is 11.1 Å². The van der Waals surface area contributed by atoms with E-state index < -0.39 is 24.0 Å². The van der Waals surface area contributed by atoms with Gasteiger partial charge in [-0.2, -0.15) is 0 Å². The van der Waals surface area contributed by atoms with Crippen LogP contribution in [0.3, 0.4) is 0 Å². The topological polar surface area (TPSA) is 118 Å². The van der Waals surface area contributed by atoms with Gasteiger partial charge in [0.1, 0.15) is 6.61 Å². The third-order valence-electron chi connectivity index (χ3n) is 5.46. The third kappa shape index (κ3) is 4.85. The summed E-state index contributed by atoms with van der Waals surface area (Å²) in [4.78, 5) is 40.0. The molecule has 2 amide bonds. The van der Waals surface area contributed by atoms with Gasteiger partial charge in [-0.3, -0.25) is 14.9 Å². The van der Waals surface area contributed by atoms with Crippen LogP contribution in [0.5, 0.6) is 0 Å². The molecule has 1 heterocycles. The van der Waals surface area contributed by atoms with Gasteiger partial charge in [0.05, 0.1) is 12.1 Å². The maximum atomic E-state index is 12.6. The van der Waals surface area contributed by atoms with Gasteiger partial charge in [-0.1, -0.05) is 48.5 Å². The van der Waals surface area contributed by atoms with E-state index in [4.69, 9.17) is 9.84 Å². The highest BCUT2D eigenvalue weighted by Crippen LogP contribution is 2.44. The summed E-state index contributed by atoms with van der Waals surface area (Å²) in [6, 6.07) is 18.6. The molecule has 0 radical (unpaired) electrons. The Labute approximate surface area is 190 Å². The number of nitrogens with one attached hydrogen (secondary N) is 2. The highest BCUT2D eigenvalue weighted by atomic mass is 16.5. The predicted molar refractivity (Wildman–Crippen MR) is 122 cm³/mol. The molecule has 3 aromatic rings. The highest BCUT2D eigenvalue weighted by molar-refractivity contribution is 6.01. The Kier molecular flexibility index (Phi) is 6.35. The van der Waals surface area contributed by atoms with Gasteiger partial charge in [0, 0.05) is 18.2 Å². The number of carbonyl (C=O) groups excluding carboxylic acids is 2. The van der Waals surface area contributed by atoms with Gasteiger partial charge in [-0.15, -0.1) is 0 Å². The van der Waals surface area contributed by atoms with E-state index in [1.165, 1.54) is 12.3 Å². The van der Waals surface area contributed by atoms with E-state index in [0.29, 0.717) is 0 Å². The number of nitrogens with zero attached hydrogens (tertiary/aromatic N) is 1. The first kappa shape index (κ1) is 22.0. The number of carboxylic acids is 1. The summed E-state index contributed by atoms with van der Waals surface area (Å²) in [5.74, 6) is -1.70. The Morgan fingerprint density at radius 2 is 1.64 bits per heavy atom. The lowest BCUT2D eigenvalue weighted by Gasteiger charge is -2.16. The SMILES string of the molecule is C[C@@H](CC(=O)O)NC(=O)c1ncccc1NC(=O)OCC1c2ccccc2-c2ccccc21. The molecule has 1 atom stereocenters. The summed E-state index contributed by atoms with van der Waals surface area (Å²) in [5, 5.41) is 14.0. The molecule has 8 heteroatoms. The van der Waals surface area contributed by atoms with Gasteiger partial charge in [0.15, 0.2) is 5.69 Å². The van der Waals surface area contributed by atoms with Crippen molar-refractivity contribution < 1.29 is 24.2 Å². The largest absolute Gasteiger partial charge is 0.481 e. The van der Waals surface area contributed by atoms with E-state index in [1.807, 2.05) is 36.4 Å². The Balaban J connectivity index is 1.43. The molecule has 33 heavy (non-hydrogen) atoms. The molecule has 0 bridgehead atoms. The number of aromatic nitrogens is 1. The van der Waals surface area contributed by atoms with E-state index in [0.717, 1.165) is 22.3 Å². The molecule has 1 aromatic heterocycles. The second kappa shape index (κ2) is 9.52. The second-order valence-corrected chi connectivity index (χ2v) is 7.82. The van der Waals surface area contributed by atoms with E-state index in [1.54, 1.807) is 13.0 Å². The Hall–Kier alpha value is -4.20. The number of pyridine rings is 1. The molecule has 8 nitrogen and oxygen atoms in total. The zero-order chi connectivity index (χ0) is 23.4. The summed E-state index contributed by atoms with van der Waals surface area (Å²) in [7, 11) is 0. The molecule has 0 unspecified atom stereocenters. The van der Waals surface area contributed by atoms with Crippen LogP contribution in [0.4, 0.5) is 10.5 Å². The number of hydrogen-bond donors (Lipinski definition) is 3. The molecule has 0 aliphatic heterocycles. The summed E-state index contributed by atoms with van der Waals surface area (Å²) in [6.45, 7) is 1.71. The molecule has 0 saturated carbocycles. The number of aliphatic carboxylic acids is 1. The fraction of sp³-hybridized carbons (Fsp3) is 0.200. The van der Waals surface area contributed by atoms with E-state index in [9.17, 15) is 14.4 Å². The van der Waals surface area contributed by atoms with Crippen molar-refractivity contribution in [2.24, 2.45) is 0 Å². The number of anilines is 1. The molecule has 1 aliphatic carbocycles. The minimum Gasteiger partial charge on any atom is -0.481 e. The fourth-order valence-electron chi connectivity index (χ4n) is 4.04. The normalized spacial score (nSPS) is 12.9. The zero-order valence-electron chi connectivity index (χ0n) is 17.9. The van der Waals surface area contributed by atoms with Crippen molar-refractivity contribution in [3.63, 3.8) is 0 Å². The van der Waals surface area contributed by atoms with Crippen LogP contribution in [-0.4, -0.2) is 40.7 Å². The van der Waals surface area contributed by atoms with E-state index in [-0.39, 0.29) is 30.3 Å². The molecule has 168 valence electrons.